The Bertz CT molecular complexity index is 872. The van der Waals surface area contributed by atoms with Crippen molar-refractivity contribution in [3.63, 3.8) is 0 Å². The van der Waals surface area contributed by atoms with Crippen molar-refractivity contribution in [2.75, 3.05) is 13.2 Å². The van der Waals surface area contributed by atoms with Gasteiger partial charge in [-0.1, -0.05) is 18.2 Å². The Hall–Kier alpha value is -2.76. The molecule has 4 fully saturated rings. The van der Waals surface area contributed by atoms with Crippen LogP contribution < -0.4 is 4.74 Å². The minimum absolute atomic E-state index is 0.133. The molecule has 0 radical (unpaired) electrons. The Morgan fingerprint density at radius 3 is 2.23 bits per heavy atom. The van der Waals surface area contributed by atoms with Crippen molar-refractivity contribution in [1.82, 2.24) is 4.90 Å². The molecule has 164 valence electrons. The highest BCUT2D eigenvalue weighted by atomic mass is 16.6. The number of carbonyl (C=O) groups excluding carboxylic acids is 2. The maximum Gasteiger partial charge on any atom is 0.344 e. The summed E-state index contributed by atoms with van der Waals surface area (Å²) in [6.45, 7) is -0.0532. The number of nitrogens with zero attached hydrogens (tertiary/aromatic N) is 1. The zero-order valence-corrected chi connectivity index (χ0v) is 17.7. The van der Waals surface area contributed by atoms with Gasteiger partial charge in [0.25, 0.3) is 5.91 Å². The van der Waals surface area contributed by atoms with Gasteiger partial charge < -0.3 is 18.8 Å². The van der Waals surface area contributed by atoms with Gasteiger partial charge in [0.1, 0.15) is 11.5 Å². The summed E-state index contributed by atoms with van der Waals surface area (Å²) in [6, 6.07) is 12.8. The minimum Gasteiger partial charge on any atom is -0.482 e. The Balaban J connectivity index is 1.25. The van der Waals surface area contributed by atoms with Gasteiger partial charge in [0.2, 0.25) is 0 Å². The van der Waals surface area contributed by atoms with Gasteiger partial charge in [-0.05, 0) is 80.5 Å². The summed E-state index contributed by atoms with van der Waals surface area (Å²) in [5.41, 5.74) is -0.133. The van der Waals surface area contributed by atoms with Crippen molar-refractivity contribution in [2.24, 2.45) is 17.8 Å². The van der Waals surface area contributed by atoms with E-state index >= 15 is 0 Å². The van der Waals surface area contributed by atoms with E-state index in [0.717, 1.165) is 25.0 Å². The second kappa shape index (κ2) is 8.40. The lowest BCUT2D eigenvalue weighted by Crippen LogP contribution is -2.61. The highest BCUT2D eigenvalue weighted by Crippen LogP contribution is 2.58. The first kappa shape index (κ1) is 20.2. The molecule has 4 saturated carbocycles. The number of furan rings is 1. The lowest BCUT2D eigenvalue weighted by molar-refractivity contribution is -0.164. The van der Waals surface area contributed by atoms with Crippen LogP contribution in [0.25, 0.3) is 0 Å². The van der Waals surface area contributed by atoms with E-state index in [1.165, 1.54) is 19.3 Å². The van der Waals surface area contributed by atoms with Gasteiger partial charge >= 0.3 is 5.97 Å². The quantitative estimate of drug-likeness (QED) is 0.595. The van der Waals surface area contributed by atoms with Crippen molar-refractivity contribution in [3.05, 3.63) is 54.5 Å². The van der Waals surface area contributed by atoms with E-state index in [-0.39, 0.29) is 24.7 Å². The molecule has 1 aromatic heterocycles. The van der Waals surface area contributed by atoms with Gasteiger partial charge in [0.05, 0.1) is 12.8 Å². The van der Waals surface area contributed by atoms with Crippen molar-refractivity contribution in [3.8, 4) is 5.75 Å². The molecule has 4 bridgehead atoms. The third-order valence-corrected chi connectivity index (χ3v) is 7.23. The van der Waals surface area contributed by atoms with E-state index < -0.39 is 5.97 Å². The zero-order valence-electron chi connectivity index (χ0n) is 17.7. The molecule has 0 saturated heterocycles. The molecule has 0 aliphatic heterocycles. The van der Waals surface area contributed by atoms with Crippen LogP contribution in [-0.2, 0) is 20.9 Å². The van der Waals surface area contributed by atoms with Crippen molar-refractivity contribution in [2.45, 2.75) is 50.6 Å². The van der Waals surface area contributed by atoms with E-state index in [1.807, 2.05) is 35.2 Å². The maximum atomic E-state index is 13.3. The molecule has 1 aromatic carbocycles. The Labute approximate surface area is 182 Å². The summed E-state index contributed by atoms with van der Waals surface area (Å²) in [5, 5.41) is 0. The summed E-state index contributed by atoms with van der Waals surface area (Å²) in [5.74, 6) is 2.80. The smallest absolute Gasteiger partial charge is 0.344 e. The van der Waals surface area contributed by atoms with Gasteiger partial charge in [-0.25, -0.2) is 4.79 Å². The summed E-state index contributed by atoms with van der Waals surface area (Å²) in [6.07, 6.45) is 8.69. The summed E-state index contributed by atoms with van der Waals surface area (Å²) >= 11 is 0. The average molecular weight is 424 g/mol. The SMILES string of the molecule is O=C(COc1ccccc1)OCC(=O)N(Cc1ccco1)C12CC3CC(CC(C3)C1)C2. The first-order valence-electron chi connectivity index (χ1n) is 11.3. The van der Waals surface area contributed by atoms with Crippen molar-refractivity contribution < 1.29 is 23.5 Å². The fraction of sp³-hybridized carbons (Fsp3) is 0.520. The third-order valence-electron chi connectivity index (χ3n) is 7.23. The molecule has 0 unspecified atom stereocenters. The molecule has 6 rings (SSSR count). The van der Waals surface area contributed by atoms with Crippen LogP contribution >= 0.6 is 0 Å². The minimum atomic E-state index is -0.541. The van der Waals surface area contributed by atoms with Crippen LogP contribution in [0.2, 0.25) is 0 Å². The molecule has 4 aliphatic carbocycles. The number of ether oxygens (including phenoxy) is 2. The number of para-hydroxylation sites is 1. The predicted octanol–water partition coefficient (Wildman–Crippen LogP) is 4.20. The fourth-order valence-corrected chi connectivity index (χ4v) is 6.40. The molecule has 1 amide bonds. The van der Waals surface area contributed by atoms with Crippen LogP contribution in [0, 0.1) is 17.8 Å². The highest BCUT2D eigenvalue weighted by Gasteiger charge is 2.54. The number of amides is 1. The molecule has 2 aromatic rings. The second-order valence-corrected chi connectivity index (χ2v) is 9.46. The van der Waals surface area contributed by atoms with Gasteiger partial charge in [0, 0.05) is 5.54 Å². The highest BCUT2D eigenvalue weighted by molar-refractivity contribution is 5.81. The molecular formula is C25H29NO5. The lowest BCUT2D eigenvalue weighted by atomic mass is 9.52. The van der Waals surface area contributed by atoms with Crippen LogP contribution in [-0.4, -0.2) is 35.5 Å². The van der Waals surface area contributed by atoms with Crippen LogP contribution in [0.5, 0.6) is 5.75 Å². The number of carbonyl (C=O) groups is 2. The first-order valence-corrected chi connectivity index (χ1v) is 11.3. The Morgan fingerprint density at radius 1 is 0.935 bits per heavy atom. The molecule has 0 atom stereocenters. The standard InChI is InChI=1S/C25H29NO5/c27-23(16-31-24(28)17-30-21-5-2-1-3-6-21)26(15-22-7-4-8-29-22)25-12-18-9-19(13-25)11-20(10-18)14-25/h1-8,18-20H,9-17H2. The molecule has 4 aliphatic rings. The monoisotopic (exact) mass is 423 g/mol. The third kappa shape index (κ3) is 4.34. The number of benzene rings is 1. The molecular weight excluding hydrogens is 394 g/mol. The number of hydrogen-bond donors (Lipinski definition) is 0. The summed E-state index contributed by atoms with van der Waals surface area (Å²) in [7, 11) is 0. The number of hydrogen-bond acceptors (Lipinski definition) is 5. The molecule has 0 N–H and O–H groups in total. The predicted molar refractivity (Wildman–Crippen MR) is 113 cm³/mol. The van der Waals surface area contributed by atoms with E-state index in [4.69, 9.17) is 13.9 Å². The largest absolute Gasteiger partial charge is 0.482 e. The second-order valence-electron chi connectivity index (χ2n) is 9.46. The lowest BCUT2D eigenvalue weighted by Gasteiger charge is -2.60. The molecule has 0 spiro atoms. The first-order chi connectivity index (χ1) is 15.1. The van der Waals surface area contributed by atoms with E-state index in [1.54, 1.807) is 18.4 Å². The van der Waals surface area contributed by atoms with Crippen LogP contribution in [0.4, 0.5) is 0 Å². The van der Waals surface area contributed by atoms with E-state index in [9.17, 15) is 9.59 Å². The van der Waals surface area contributed by atoms with Crippen LogP contribution in [0.3, 0.4) is 0 Å². The molecule has 6 nitrogen and oxygen atoms in total. The summed E-state index contributed by atoms with van der Waals surface area (Å²) < 4.78 is 16.3. The van der Waals surface area contributed by atoms with Crippen LogP contribution in [0.15, 0.2) is 53.1 Å². The Morgan fingerprint density at radius 2 is 1.61 bits per heavy atom. The molecule has 1 heterocycles. The fourth-order valence-electron chi connectivity index (χ4n) is 6.40. The molecule has 31 heavy (non-hydrogen) atoms. The van der Waals surface area contributed by atoms with E-state index in [2.05, 4.69) is 0 Å². The number of rotatable bonds is 8. The van der Waals surface area contributed by atoms with E-state index in [0.29, 0.717) is 30.0 Å². The normalized spacial score (nSPS) is 28.3. The average Bonchev–Trinajstić information content (AvgIpc) is 3.27. The number of esters is 1. The molecule has 6 heteroatoms. The van der Waals surface area contributed by atoms with Gasteiger partial charge in [-0.2, -0.15) is 0 Å². The zero-order chi connectivity index (χ0) is 21.3. The van der Waals surface area contributed by atoms with Gasteiger partial charge in [-0.15, -0.1) is 0 Å². The van der Waals surface area contributed by atoms with Crippen molar-refractivity contribution >= 4 is 11.9 Å². The van der Waals surface area contributed by atoms with Gasteiger partial charge in [-0.3, -0.25) is 4.79 Å². The van der Waals surface area contributed by atoms with Gasteiger partial charge in [0.15, 0.2) is 13.2 Å². The summed E-state index contributed by atoms with van der Waals surface area (Å²) in [4.78, 5) is 27.5. The van der Waals surface area contributed by atoms with Crippen molar-refractivity contribution in [1.29, 1.82) is 0 Å². The van der Waals surface area contributed by atoms with Crippen LogP contribution in [0.1, 0.15) is 44.3 Å². The topological polar surface area (TPSA) is 69.0 Å². The Kier molecular flexibility index (Phi) is 5.47. The maximum absolute atomic E-state index is 13.3.